The van der Waals surface area contributed by atoms with Crippen molar-refractivity contribution in [2.24, 2.45) is 0 Å². The molecule has 0 fully saturated rings. The molecule has 2 heterocycles. The van der Waals surface area contributed by atoms with Crippen molar-refractivity contribution in [3.8, 4) is 5.69 Å². The lowest BCUT2D eigenvalue weighted by Gasteiger charge is -2.15. The Morgan fingerprint density at radius 2 is 1.85 bits per heavy atom. The van der Waals surface area contributed by atoms with Gasteiger partial charge in [-0.25, -0.2) is 9.67 Å². The molecule has 0 spiro atoms. The van der Waals surface area contributed by atoms with Crippen molar-refractivity contribution in [2.45, 2.75) is 46.6 Å². The Hall–Kier alpha value is -2.47. The largest absolute Gasteiger partial charge is 0.343 e. The van der Waals surface area contributed by atoms with Gasteiger partial charge in [-0.1, -0.05) is 31.5 Å². The average molecular weight is 369 g/mol. The molecule has 0 radical (unpaired) electrons. The van der Waals surface area contributed by atoms with Gasteiger partial charge in [-0.2, -0.15) is 5.10 Å². The van der Waals surface area contributed by atoms with Gasteiger partial charge in [0.2, 0.25) is 0 Å². The number of benzene rings is 1. The fourth-order valence-corrected chi connectivity index (χ4v) is 3.69. The Morgan fingerprint density at radius 1 is 1.15 bits per heavy atom. The second-order valence-corrected chi connectivity index (χ2v) is 7.76. The van der Waals surface area contributed by atoms with Crippen molar-refractivity contribution in [1.29, 1.82) is 0 Å². The number of hydrogen-bond acceptors (Lipinski definition) is 4. The maximum Gasteiger partial charge on any atom is 0.255 e. The van der Waals surface area contributed by atoms with Crippen LogP contribution in [-0.4, -0.2) is 20.7 Å². The van der Waals surface area contributed by atoms with Crippen LogP contribution in [0.25, 0.3) is 5.69 Å². The molecular weight excluding hydrogens is 344 g/mol. The summed E-state index contributed by atoms with van der Waals surface area (Å²) in [5.74, 6) is 0.0457. The number of nitrogens with one attached hydrogen (secondary N) is 1. The highest BCUT2D eigenvalue weighted by Gasteiger charge is 2.23. The molecule has 0 saturated carbocycles. The molecular formula is C20H24N4OS. The molecule has 0 saturated heterocycles. The van der Waals surface area contributed by atoms with E-state index in [4.69, 9.17) is 0 Å². The zero-order valence-electron chi connectivity index (χ0n) is 15.8. The Labute approximate surface area is 158 Å². The number of aromatic nitrogens is 3. The normalized spacial score (nSPS) is 12.4. The number of amides is 1. The standard InChI is InChI=1S/C20H24N4OS/c1-12(2)18-17(10-21-24(18)16-8-6-13(3)7-9-16)19(25)23-15(5)20-22-14(4)11-26-20/h6-12,15H,1-5H3,(H,23,25). The minimum atomic E-state index is -0.135. The SMILES string of the molecule is Cc1ccc(-n2ncc(C(=O)NC(C)c3nc(C)cs3)c2C(C)C)cc1. The predicted molar refractivity (Wildman–Crippen MR) is 105 cm³/mol. The summed E-state index contributed by atoms with van der Waals surface area (Å²) in [4.78, 5) is 17.3. The Kier molecular flexibility index (Phi) is 5.23. The van der Waals surface area contributed by atoms with Crippen molar-refractivity contribution >= 4 is 17.2 Å². The van der Waals surface area contributed by atoms with Crippen molar-refractivity contribution in [3.63, 3.8) is 0 Å². The lowest BCUT2D eigenvalue weighted by atomic mass is 10.0. The number of thiazole rings is 1. The van der Waals surface area contributed by atoms with E-state index >= 15 is 0 Å². The summed E-state index contributed by atoms with van der Waals surface area (Å²) in [7, 11) is 0. The van der Waals surface area contributed by atoms with Crippen molar-refractivity contribution < 1.29 is 4.79 Å². The third kappa shape index (κ3) is 3.70. The second-order valence-electron chi connectivity index (χ2n) is 6.87. The van der Waals surface area contributed by atoms with E-state index in [1.165, 1.54) is 5.56 Å². The molecule has 0 aliphatic carbocycles. The van der Waals surface area contributed by atoms with E-state index in [1.54, 1.807) is 17.5 Å². The van der Waals surface area contributed by atoms with E-state index in [0.29, 0.717) is 5.56 Å². The molecule has 0 aliphatic heterocycles. The van der Waals surface area contributed by atoms with Gasteiger partial charge in [-0.15, -0.1) is 11.3 Å². The number of carbonyl (C=O) groups excluding carboxylic acids is 1. The molecule has 1 N–H and O–H groups in total. The molecule has 1 atom stereocenters. The van der Waals surface area contributed by atoms with Gasteiger partial charge in [0.1, 0.15) is 5.01 Å². The van der Waals surface area contributed by atoms with Gasteiger partial charge in [0.05, 0.1) is 29.2 Å². The minimum Gasteiger partial charge on any atom is -0.343 e. The highest BCUT2D eigenvalue weighted by Crippen LogP contribution is 2.24. The topological polar surface area (TPSA) is 59.8 Å². The number of nitrogens with zero attached hydrogens (tertiary/aromatic N) is 3. The van der Waals surface area contributed by atoms with Gasteiger partial charge in [-0.3, -0.25) is 4.79 Å². The summed E-state index contributed by atoms with van der Waals surface area (Å²) in [5, 5.41) is 10.4. The fourth-order valence-electron chi connectivity index (χ4n) is 2.89. The molecule has 26 heavy (non-hydrogen) atoms. The van der Waals surface area contributed by atoms with Gasteiger partial charge in [-0.05, 0) is 38.8 Å². The van der Waals surface area contributed by atoms with Gasteiger partial charge in [0.15, 0.2) is 0 Å². The molecule has 5 nitrogen and oxygen atoms in total. The Morgan fingerprint density at radius 3 is 2.42 bits per heavy atom. The first-order valence-corrected chi connectivity index (χ1v) is 9.62. The molecule has 136 valence electrons. The minimum absolute atomic E-state index is 0.118. The maximum absolute atomic E-state index is 12.9. The number of hydrogen-bond donors (Lipinski definition) is 1. The van der Waals surface area contributed by atoms with Crippen LogP contribution in [0.4, 0.5) is 0 Å². The molecule has 6 heteroatoms. The summed E-state index contributed by atoms with van der Waals surface area (Å²) >= 11 is 1.56. The Balaban J connectivity index is 1.89. The monoisotopic (exact) mass is 368 g/mol. The molecule has 0 aliphatic rings. The lowest BCUT2D eigenvalue weighted by Crippen LogP contribution is -2.27. The molecule has 0 bridgehead atoms. The van der Waals surface area contributed by atoms with Crippen LogP contribution in [0, 0.1) is 13.8 Å². The predicted octanol–water partition coefficient (Wildman–Crippen LogP) is 4.56. The molecule has 1 amide bonds. The van der Waals surface area contributed by atoms with Crippen molar-refractivity contribution in [2.75, 3.05) is 0 Å². The van der Waals surface area contributed by atoms with Gasteiger partial charge in [0.25, 0.3) is 5.91 Å². The maximum atomic E-state index is 12.9. The fraction of sp³-hybridized carbons (Fsp3) is 0.350. The smallest absolute Gasteiger partial charge is 0.255 e. The van der Waals surface area contributed by atoms with E-state index in [0.717, 1.165) is 22.1 Å². The summed E-state index contributed by atoms with van der Waals surface area (Å²) in [6.07, 6.45) is 1.66. The second kappa shape index (κ2) is 7.41. The van der Waals surface area contributed by atoms with E-state index in [-0.39, 0.29) is 17.9 Å². The van der Waals surface area contributed by atoms with E-state index in [2.05, 4.69) is 36.2 Å². The third-order valence-corrected chi connectivity index (χ3v) is 5.38. The third-order valence-electron chi connectivity index (χ3n) is 4.23. The molecule has 1 unspecified atom stereocenters. The van der Waals surface area contributed by atoms with Crippen LogP contribution in [-0.2, 0) is 0 Å². The molecule has 3 aromatic rings. The highest BCUT2D eigenvalue weighted by atomic mass is 32.1. The first kappa shape index (κ1) is 18.3. The highest BCUT2D eigenvalue weighted by molar-refractivity contribution is 7.09. The van der Waals surface area contributed by atoms with Crippen LogP contribution in [0.3, 0.4) is 0 Å². The Bertz CT molecular complexity index is 908. The van der Waals surface area contributed by atoms with Crippen LogP contribution in [0.1, 0.15) is 65.0 Å². The van der Waals surface area contributed by atoms with Crippen molar-refractivity contribution in [1.82, 2.24) is 20.1 Å². The van der Waals surface area contributed by atoms with Crippen molar-refractivity contribution in [3.05, 3.63) is 63.4 Å². The lowest BCUT2D eigenvalue weighted by molar-refractivity contribution is 0.0938. The van der Waals surface area contributed by atoms with Crippen LogP contribution >= 0.6 is 11.3 Å². The first-order chi connectivity index (χ1) is 12.4. The molecule has 1 aromatic carbocycles. The van der Waals surface area contributed by atoms with E-state index < -0.39 is 0 Å². The summed E-state index contributed by atoms with van der Waals surface area (Å²) in [6.45, 7) is 10.1. The number of aryl methyl sites for hydroxylation is 2. The van der Waals surface area contributed by atoms with Crippen LogP contribution in [0.2, 0.25) is 0 Å². The molecule has 3 rings (SSSR count). The first-order valence-electron chi connectivity index (χ1n) is 8.74. The van der Waals surface area contributed by atoms with E-state index in [1.807, 2.05) is 48.2 Å². The van der Waals surface area contributed by atoms with Gasteiger partial charge < -0.3 is 5.32 Å². The quantitative estimate of drug-likeness (QED) is 0.718. The zero-order valence-corrected chi connectivity index (χ0v) is 16.6. The number of rotatable bonds is 5. The van der Waals surface area contributed by atoms with Crippen LogP contribution in [0.15, 0.2) is 35.8 Å². The number of carbonyl (C=O) groups is 1. The average Bonchev–Trinajstić information content (AvgIpc) is 3.22. The van der Waals surface area contributed by atoms with E-state index in [9.17, 15) is 4.79 Å². The summed E-state index contributed by atoms with van der Waals surface area (Å²) in [6, 6.07) is 8.01. The zero-order chi connectivity index (χ0) is 18.8. The summed E-state index contributed by atoms with van der Waals surface area (Å²) < 4.78 is 1.86. The van der Waals surface area contributed by atoms with Crippen LogP contribution < -0.4 is 5.32 Å². The van der Waals surface area contributed by atoms with Gasteiger partial charge >= 0.3 is 0 Å². The molecule has 2 aromatic heterocycles. The van der Waals surface area contributed by atoms with Crippen LogP contribution in [0.5, 0.6) is 0 Å². The van der Waals surface area contributed by atoms with Gasteiger partial charge in [0, 0.05) is 11.1 Å². The summed E-state index contributed by atoms with van der Waals surface area (Å²) in [5.41, 5.74) is 4.65.